The Morgan fingerprint density at radius 3 is 2.70 bits per heavy atom. The summed E-state index contributed by atoms with van der Waals surface area (Å²) >= 11 is 1.74. The maximum Gasteiger partial charge on any atom is 0.226 e. The van der Waals surface area contributed by atoms with Crippen molar-refractivity contribution in [2.24, 2.45) is 5.92 Å². The maximum absolute atomic E-state index is 8.97. The zero-order valence-electron chi connectivity index (χ0n) is 21.3. The molecule has 0 aromatic carbocycles. The van der Waals surface area contributed by atoms with Gasteiger partial charge in [0.25, 0.3) is 0 Å². The fraction of sp³-hybridized carbons (Fsp3) is 0.615. The molecular formula is C26H35N9OS. The van der Waals surface area contributed by atoms with Gasteiger partial charge in [-0.1, -0.05) is 0 Å². The van der Waals surface area contributed by atoms with Gasteiger partial charge in [-0.2, -0.15) is 15.3 Å². The number of ether oxygens (including phenoxy) is 1. The summed E-state index contributed by atoms with van der Waals surface area (Å²) in [7, 11) is 0. The number of nitrogens with zero attached hydrogens (tertiary/aromatic N) is 5. The van der Waals surface area contributed by atoms with Crippen LogP contribution in [-0.2, 0) is 11.3 Å². The van der Waals surface area contributed by atoms with Crippen molar-refractivity contribution in [3.63, 3.8) is 0 Å². The van der Waals surface area contributed by atoms with Gasteiger partial charge in [-0.3, -0.25) is 10.00 Å². The van der Waals surface area contributed by atoms with Gasteiger partial charge in [0.15, 0.2) is 5.82 Å². The molecule has 37 heavy (non-hydrogen) atoms. The lowest BCUT2D eigenvalue weighted by Gasteiger charge is -2.43. The number of aryl methyl sites for hydroxylation is 1. The second-order valence-corrected chi connectivity index (χ2v) is 11.8. The van der Waals surface area contributed by atoms with Crippen LogP contribution in [0.3, 0.4) is 0 Å². The third kappa shape index (κ3) is 5.88. The number of anilines is 3. The predicted molar refractivity (Wildman–Crippen MR) is 145 cm³/mol. The highest BCUT2D eigenvalue weighted by molar-refractivity contribution is 7.18. The summed E-state index contributed by atoms with van der Waals surface area (Å²) < 4.78 is 5.52. The number of piperidine rings is 2. The number of hydrogen-bond donors (Lipinski definition) is 4. The summed E-state index contributed by atoms with van der Waals surface area (Å²) in [6.07, 6.45) is 6.09. The Morgan fingerprint density at radius 1 is 1.16 bits per heavy atom. The van der Waals surface area contributed by atoms with Crippen molar-refractivity contribution < 1.29 is 4.74 Å². The number of rotatable bonds is 8. The molecule has 3 saturated heterocycles. The molecule has 0 spiro atoms. The van der Waals surface area contributed by atoms with Crippen LogP contribution in [0.4, 0.5) is 17.6 Å². The van der Waals surface area contributed by atoms with E-state index in [-0.39, 0.29) is 0 Å². The Kier molecular flexibility index (Phi) is 7.24. The summed E-state index contributed by atoms with van der Waals surface area (Å²) in [6, 6.07) is 7.83. The first-order valence-corrected chi connectivity index (χ1v) is 14.2. The van der Waals surface area contributed by atoms with E-state index >= 15 is 0 Å². The second-order valence-electron chi connectivity index (χ2n) is 10.7. The number of hydrogen-bond acceptors (Lipinski definition) is 10. The molecule has 3 aromatic heterocycles. The molecule has 196 valence electrons. The minimum absolute atomic E-state index is 0.332. The van der Waals surface area contributed by atoms with Gasteiger partial charge in [-0.15, -0.1) is 11.3 Å². The third-order valence-corrected chi connectivity index (χ3v) is 8.74. The number of nitrogens with one attached hydrogen (secondary N) is 4. The van der Waals surface area contributed by atoms with Crippen LogP contribution in [0.5, 0.6) is 0 Å². The van der Waals surface area contributed by atoms with Crippen LogP contribution in [0.15, 0.2) is 12.1 Å². The molecule has 0 amide bonds. The number of thiophene rings is 1. The van der Waals surface area contributed by atoms with Crippen molar-refractivity contribution >= 4 is 39.1 Å². The topological polar surface area (TPSA) is 127 Å². The lowest BCUT2D eigenvalue weighted by Crippen LogP contribution is -2.54. The van der Waals surface area contributed by atoms with E-state index in [1.165, 1.54) is 4.88 Å². The van der Waals surface area contributed by atoms with Crippen LogP contribution in [0.25, 0.3) is 10.2 Å². The number of aromatic amines is 1. The first kappa shape index (κ1) is 24.6. The standard InChI is InChI=1S/C26H35N9OS/c1-16-9-23(34-33-16)30-24-22-14-21(15-35-5-7-36-8-6-35)37-25(22)32-26(31-24)29-20-12-18-10-17(3-2-4-27)11-19(13-20)28-18/h9,14,17-20,28H,2-3,5-8,10-13,15H2,1H3,(H3,29,30,31,32,33,34)/t17?,18-,19+,20-. The minimum Gasteiger partial charge on any atom is -0.379 e. The molecule has 0 aliphatic carbocycles. The number of morpholine rings is 1. The third-order valence-electron chi connectivity index (χ3n) is 7.72. The Labute approximate surface area is 221 Å². The Bertz CT molecular complexity index is 1250. The quantitative estimate of drug-likeness (QED) is 0.349. The normalized spacial score (nSPS) is 26.2. The van der Waals surface area contributed by atoms with Crippen molar-refractivity contribution in [3.05, 3.63) is 22.7 Å². The summed E-state index contributed by atoms with van der Waals surface area (Å²) in [4.78, 5) is 14.6. The van der Waals surface area contributed by atoms with Crippen LogP contribution < -0.4 is 16.0 Å². The zero-order valence-corrected chi connectivity index (χ0v) is 22.1. The van der Waals surface area contributed by atoms with Crippen LogP contribution >= 0.6 is 11.3 Å². The molecule has 10 nitrogen and oxygen atoms in total. The molecule has 4 N–H and O–H groups in total. The van der Waals surface area contributed by atoms with E-state index in [1.807, 2.05) is 13.0 Å². The molecule has 3 aromatic rings. The highest BCUT2D eigenvalue weighted by Gasteiger charge is 2.35. The molecule has 4 atom stereocenters. The minimum atomic E-state index is 0.332. The number of H-pyrrole nitrogens is 1. The molecule has 3 fully saturated rings. The average Bonchev–Trinajstić information content (AvgIpc) is 3.48. The summed E-state index contributed by atoms with van der Waals surface area (Å²) in [5.41, 5.74) is 0.999. The van der Waals surface area contributed by atoms with E-state index in [0.717, 1.165) is 92.5 Å². The second kappa shape index (κ2) is 10.9. The average molecular weight is 522 g/mol. The smallest absolute Gasteiger partial charge is 0.226 e. The Balaban J connectivity index is 1.22. The number of aromatic nitrogens is 4. The van der Waals surface area contributed by atoms with E-state index in [9.17, 15) is 0 Å². The molecule has 0 saturated carbocycles. The summed E-state index contributed by atoms with van der Waals surface area (Å²) in [5.74, 6) is 2.87. The van der Waals surface area contributed by atoms with Crippen molar-refractivity contribution in [2.45, 2.75) is 70.1 Å². The lowest BCUT2D eigenvalue weighted by molar-refractivity contribution is 0.0346. The highest BCUT2D eigenvalue weighted by atomic mass is 32.1. The van der Waals surface area contributed by atoms with Crippen molar-refractivity contribution in [1.82, 2.24) is 30.4 Å². The zero-order chi connectivity index (χ0) is 25.2. The van der Waals surface area contributed by atoms with Gasteiger partial charge < -0.3 is 20.7 Å². The van der Waals surface area contributed by atoms with Gasteiger partial charge in [-0.25, -0.2) is 4.98 Å². The van der Waals surface area contributed by atoms with Crippen molar-refractivity contribution in [1.29, 1.82) is 5.26 Å². The van der Waals surface area contributed by atoms with Crippen molar-refractivity contribution in [3.8, 4) is 6.07 Å². The molecule has 1 unspecified atom stereocenters. The van der Waals surface area contributed by atoms with Gasteiger partial charge in [0.1, 0.15) is 10.6 Å². The highest BCUT2D eigenvalue weighted by Crippen LogP contribution is 2.35. The van der Waals surface area contributed by atoms with Crippen molar-refractivity contribution in [2.75, 3.05) is 36.9 Å². The lowest BCUT2D eigenvalue weighted by atomic mass is 9.77. The molecule has 0 radical (unpaired) electrons. The number of nitriles is 1. The Morgan fingerprint density at radius 2 is 1.97 bits per heavy atom. The van der Waals surface area contributed by atoms with E-state index in [2.05, 4.69) is 43.2 Å². The van der Waals surface area contributed by atoms with Crippen LogP contribution in [-0.4, -0.2) is 69.5 Å². The SMILES string of the molecule is Cc1cc(Nc2nc(N[C@@H]3C[C@H]4CC(CCC#N)C[C@@H](C3)N4)nc3sc(CN4CCOCC4)cc23)n[nH]1. The molecule has 11 heteroatoms. The van der Waals surface area contributed by atoms with E-state index in [4.69, 9.17) is 20.0 Å². The van der Waals surface area contributed by atoms with E-state index < -0.39 is 0 Å². The van der Waals surface area contributed by atoms with Gasteiger partial charge >= 0.3 is 0 Å². The van der Waals surface area contributed by atoms with Gasteiger partial charge in [0.05, 0.1) is 24.7 Å². The van der Waals surface area contributed by atoms with Gasteiger partial charge in [0.2, 0.25) is 5.95 Å². The van der Waals surface area contributed by atoms with Crippen LogP contribution in [0, 0.1) is 24.2 Å². The van der Waals surface area contributed by atoms with E-state index in [1.54, 1.807) is 11.3 Å². The fourth-order valence-corrected chi connectivity index (χ4v) is 7.15. The van der Waals surface area contributed by atoms with Crippen LogP contribution in [0.1, 0.15) is 49.1 Å². The first-order chi connectivity index (χ1) is 18.1. The molecular weight excluding hydrogens is 486 g/mol. The molecule has 3 aliphatic heterocycles. The monoisotopic (exact) mass is 521 g/mol. The molecule has 3 aliphatic rings. The van der Waals surface area contributed by atoms with Gasteiger partial charge in [0, 0.05) is 60.8 Å². The predicted octanol–water partition coefficient (Wildman–Crippen LogP) is 3.91. The summed E-state index contributed by atoms with van der Waals surface area (Å²) in [5, 5.41) is 28.3. The van der Waals surface area contributed by atoms with E-state index in [0.29, 0.717) is 36.4 Å². The molecule has 2 bridgehead atoms. The fourth-order valence-electron chi connectivity index (χ4n) is 6.08. The molecule has 6 heterocycles. The van der Waals surface area contributed by atoms with Crippen LogP contribution in [0.2, 0.25) is 0 Å². The Hall–Kier alpha value is -2.78. The van der Waals surface area contributed by atoms with Gasteiger partial charge in [-0.05, 0) is 51.0 Å². The largest absolute Gasteiger partial charge is 0.379 e. The number of fused-ring (bicyclic) bond motifs is 3. The first-order valence-electron chi connectivity index (χ1n) is 13.4. The maximum atomic E-state index is 8.97. The molecule has 6 rings (SSSR count). The summed E-state index contributed by atoms with van der Waals surface area (Å²) in [6.45, 7) is 6.39.